The first-order chi connectivity index (χ1) is 14.6. The standard InChI is InChI=1S/C22H35N3O5S/c1-15-11-25(16(2)14-26)22(27)10-18-9-19(23-31(4,28)29)7-8-20(18)30-21(15)13-24(3)12-17-5-6-17/h7-9,15-17,21,23,26H,5-6,10-14H2,1-4H3. The van der Waals surface area contributed by atoms with Crippen LogP contribution in [0.5, 0.6) is 5.75 Å². The third-order valence-electron chi connectivity index (χ3n) is 5.98. The zero-order valence-corrected chi connectivity index (χ0v) is 19.7. The van der Waals surface area contributed by atoms with Crippen molar-refractivity contribution >= 4 is 21.6 Å². The molecule has 3 unspecified atom stereocenters. The fraction of sp³-hybridized carbons (Fsp3) is 0.682. The van der Waals surface area contributed by atoms with E-state index in [2.05, 4.69) is 23.6 Å². The number of carbonyl (C=O) groups excluding carboxylic acids is 1. The molecule has 1 amide bonds. The zero-order valence-electron chi connectivity index (χ0n) is 18.9. The lowest BCUT2D eigenvalue weighted by atomic mass is 10.0. The van der Waals surface area contributed by atoms with E-state index in [1.807, 2.05) is 6.92 Å². The molecule has 2 N–H and O–H groups in total. The van der Waals surface area contributed by atoms with Gasteiger partial charge in [-0.1, -0.05) is 6.92 Å². The van der Waals surface area contributed by atoms with Crippen LogP contribution in [0.2, 0.25) is 0 Å². The summed E-state index contributed by atoms with van der Waals surface area (Å²) in [6.07, 6.45) is 3.59. The summed E-state index contributed by atoms with van der Waals surface area (Å²) in [5.74, 6) is 1.31. The summed E-state index contributed by atoms with van der Waals surface area (Å²) < 4.78 is 32.2. The van der Waals surface area contributed by atoms with Crippen LogP contribution in [0.15, 0.2) is 18.2 Å². The molecule has 2 aliphatic rings. The molecule has 0 aromatic heterocycles. The van der Waals surface area contributed by atoms with Crippen LogP contribution in [0, 0.1) is 11.8 Å². The Hall–Kier alpha value is -1.84. The number of nitrogens with one attached hydrogen (secondary N) is 1. The summed E-state index contributed by atoms with van der Waals surface area (Å²) in [5, 5.41) is 9.70. The summed E-state index contributed by atoms with van der Waals surface area (Å²) >= 11 is 0. The Morgan fingerprint density at radius 2 is 2.03 bits per heavy atom. The molecule has 3 rings (SSSR count). The van der Waals surface area contributed by atoms with Crippen molar-refractivity contribution in [1.29, 1.82) is 0 Å². The van der Waals surface area contributed by atoms with Gasteiger partial charge in [0.15, 0.2) is 0 Å². The highest BCUT2D eigenvalue weighted by molar-refractivity contribution is 7.92. The van der Waals surface area contributed by atoms with Gasteiger partial charge < -0.3 is 19.6 Å². The van der Waals surface area contributed by atoms with Gasteiger partial charge in [0.05, 0.1) is 25.3 Å². The molecule has 1 fully saturated rings. The minimum absolute atomic E-state index is 0.0550. The van der Waals surface area contributed by atoms with Gasteiger partial charge in [-0.05, 0) is 50.9 Å². The summed E-state index contributed by atoms with van der Waals surface area (Å²) in [5.41, 5.74) is 1.03. The van der Waals surface area contributed by atoms with E-state index in [-0.39, 0.29) is 37.0 Å². The number of ether oxygens (including phenoxy) is 1. The molecule has 1 saturated carbocycles. The molecule has 8 nitrogen and oxygen atoms in total. The van der Waals surface area contributed by atoms with E-state index in [1.165, 1.54) is 12.8 Å². The van der Waals surface area contributed by atoms with Crippen LogP contribution in [-0.2, 0) is 21.2 Å². The first-order valence-corrected chi connectivity index (χ1v) is 12.8. The normalized spacial score (nSPS) is 23.4. The minimum Gasteiger partial charge on any atom is -0.488 e. The third kappa shape index (κ3) is 6.82. The Balaban J connectivity index is 1.91. The number of amides is 1. The van der Waals surface area contributed by atoms with Crippen molar-refractivity contribution in [2.45, 2.75) is 45.3 Å². The Morgan fingerprint density at radius 1 is 1.32 bits per heavy atom. The third-order valence-corrected chi connectivity index (χ3v) is 6.58. The van der Waals surface area contributed by atoms with E-state index in [9.17, 15) is 18.3 Å². The van der Waals surface area contributed by atoms with Gasteiger partial charge in [-0.2, -0.15) is 0 Å². The van der Waals surface area contributed by atoms with Crippen molar-refractivity contribution in [1.82, 2.24) is 9.80 Å². The number of aliphatic hydroxyl groups is 1. The van der Waals surface area contributed by atoms with Crippen molar-refractivity contribution < 1.29 is 23.1 Å². The lowest BCUT2D eigenvalue weighted by Gasteiger charge is -2.34. The van der Waals surface area contributed by atoms with Crippen molar-refractivity contribution in [3.63, 3.8) is 0 Å². The second-order valence-electron chi connectivity index (χ2n) is 9.25. The van der Waals surface area contributed by atoms with E-state index < -0.39 is 10.0 Å². The number of rotatable bonds is 8. The molecular weight excluding hydrogens is 418 g/mol. The van der Waals surface area contributed by atoms with Crippen LogP contribution >= 0.6 is 0 Å². The highest BCUT2D eigenvalue weighted by Gasteiger charge is 2.32. The van der Waals surface area contributed by atoms with E-state index in [4.69, 9.17) is 4.74 Å². The van der Waals surface area contributed by atoms with E-state index >= 15 is 0 Å². The lowest BCUT2D eigenvalue weighted by Crippen LogP contribution is -2.47. The maximum Gasteiger partial charge on any atom is 0.229 e. The van der Waals surface area contributed by atoms with Gasteiger partial charge in [-0.15, -0.1) is 0 Å². The summed E-state index contributed by atoms with van der Waals surface area (Å²) in [6, 6.07) is 4.75. The quantitative estimate of drug-likeness (QED) is 0.620. The molecule has 1 heterocycles. The minimum atomic E-state index is -3.44. The number of nitrogens with zero attached hydrogens (tertiary/aromatic N) is 2. The van der Waals surface area contributed by atoms with Crippen LogP contribution in [0.3, 0.4) is 0 Å². The number of aliphatic hydroxyl groups excluding tert-OH is 1. The maximum absolute atomic E-state index is 13.1. The predicted molar refractivity (Wildman–Crippen MR) is 121 cm³/mol. The van der Waals surface area contributed by atoms with Crippen LogP contribution in [0.25, 0.3) is 0 Å². The predicted octanol–water partition coefficient (Wildman–Crippen LogP) is 1.55. The van der Waals surface area contributed by atoms with Crippen molar-refractivity contribution in [2.24, 2.45) is 11.8 Å². The molecule has 0 radical (unpaired) electrons. The van der Waals surface area contributed by atoms with Crippen LogP contribution in [0.1, 0.15) is 32.3 Å². The van der Waals surface area contributed by atoms with Crippen LogP contribution < -0.4 is 9.46 Å². The lowest BCUT2D eigenvalue weighted by molar-refractivity contribution is -0.134. The number of sulfonamides is 1. The number of fused-ring (bicyclic) bond motifs is 1. The first-order valence-electron chi connectivity index (χ1n) is 10.9. The monoisotopic (exact) mass is 453 g/mol. The maximum atomic E-state index is 13.1. The van der Waals surface area contributed by atoms with E-state index in [1.54, 1.807) is 23.1 Å². The second kappa shape index (κ2) is 9.75. The average Bonchev–Trinajstić information content (AvgIpc) is 3.48. The molecule has 1 aromatic rings. The highest BCUT2D eigenvalue weighted by atomic mass is 32.2. The number of benzene rings is 1. The Labute approximate surface area is 185 Å². The van der Waals surface area contributed by atoms with Crippen molar-refractivity contribution in [3.8, 4) is 5.75 Å². The van der Waals surface area contributed by atoms with Gasteiger partial charge in [0.2, 0.25) is 15.9 Å². The van der Waals surface area contributed by atoms with Gasteiger partial charge in [0.1, 0.15) is 11.9 Å². The number of hydrogen-bond acceptors (Lipinski definition) is 6. The molecule has 3 atom stereocenters. The first kappa shape index (κ1) is 23.8. The van der Waals surface area contributed by atoms with E-state index in [0.29, 0.717) is 23.5 Å². The molecule has 0 saturated heterocycles. The molecule has 1 aromatic carbocycles. The Kier molecular flexibility index (Phi) is 7.49. The van der Waals surface area contributed by atoms with Gasteiger partial charge >= 0.3 is 0 Å². The van der Waals surface area contributed by atoms with Crippen molar-refractivity contribution in [2.75, 3.05) is 44.3 Å². The average molecular weight is 454 g/mol. The SMILES string of the molecule is CC1CN(C(C)CO)C(=O)Cc2cc(NS(C)(=O)=O)ccc2OC1CN(C)CC1CC1. The number of likely N-dealkylation sites (N-methyl/N-ethyl adjacent to an activating group) is 1. The van der Waals surface area contributed by atoms with E-state index in [0.717, 1.165) is 25.3 Å². The molecule has 0 bridgehead atoms. The summed E-state index contributed by atoms with van der Waals surface area (Å²) in [4.78, 5) is 17.1. The van der Waals surface area contributed by atoms with Crippen LogP contribution in [0.4, 0.5) is 5.69 Å². The van der Waals surface area contributed by atoms with Crippen molar-refractivity contribution in [3.05, 3.63) is 23.8 Å². The molecule has 1 aliphatic heterocycles. The number of anilines is 1. The molecular formula is C22H35N3O5S. The molecule has 174 valence electrons. The summed E-state index contributed by atoms with van der Waals surface area (Å²) in [7, 11) is -1.34. The smallest absolute Gasteiger partial charge is 0.229 e. The fourth-order valence-corrected chi connectivity index (χ4v) is 4.60. The van der Waals surface area contributed by atoms with Crippen LogP contribution in [-0.4, -0.2) is 80.9 Å². The molecule has 0 spiro atoms. The molecule has 9 heteroatoms. The molecule has 1 aliphatic carbocycles. The van der Waals surface area contributed by atoms with Gasteiger partial charge in [-0.3, -0.25) is 9.52 Å². The highest BCUT2D eigenvalue weighted by Crippen LogP contribution is 2.31. The largest absolute Gasteiger partial charge is 0.488 e. The topological polar surface area (TPSA) is 99.2 Å². The Morgan fingerprint density at radius 3 is 2.65 bits per heavy atom. The fourth-order valence-electron chi connectivity index (χ4n) is 4.05. The second-order valence-corrected chi connectivity index (χ2v) is 11.0. The van der Waals surface area contributed by atoms with Gasteiger partial charge in [-0.25, -0.2) is 8.42 Å². The Bertz CT molecular complexity index is 887. The zero-order chi connectivity index (χ0) is 22.8. The number of hydrogen-bond donors (Lipinski definition) is 2. The van der Waals surface area contributed by atoms with Gasteiger partial charge in [0.25, 0.3) is 0 Å². The summed E-state index contributed by atoms with van der Waals surface area (Å²) in [6.45, 7) is 6.05. The number of carbonyl (C=O) groups is 1. The van der Waals surface area contributed by atoms with Gasteiger partial charge in [0, 0.05) is 36.8 Å². The molecule has 31 heavy (non-hydrogen) atoms.